The topological polar surface area (TPSA) is 50.4 Å². The predicted molar refractivity (Wildman–Crippen MR) is 82.4 cm³/mol. The number of nitrogens with one attached hydrogen (secondary N) is 2. The first-order valence-corrected chi connectivity index (χ1v) is 7.00. The molecule has 1 saturated heterocycles. The third-order valence-electron chi connectivity index (χ3n) is 3.93. The van der Waals surface area contributed by atoms with Crippen LogP contribution in [0, 0.1) is 17.0 Å². The standard InChI is InChI=1S/C15H20F2N2O2.ClH/c1-21-10-15(5-7-18-8-6-15)9-19-14(20)11-3-2-4-12(16)13(11)17;/h2-4,18H,5-10H2,1H3,(H,19,20);1H. The van der Waals surface area contributed by atoms with Crippen molar-refractivity contribution >= 4 is 18.3 Å². The van der Waals surface area contributed by atoms with Gasteiger partial charge in [-0.15, -0.1) is 12.4 Å². The number of hydrogen-bond acceptors (Lipinski definition) is 3. The second-order valence-electron chi connectivity index (χ2n) is 5.47. The third kappa shape index (κ3) is 4.38. The number of piperidine rings is 1. The van der Waals surface area contributed by atoms with Crippen molar-refractivity contribution < 1.29 is 18.3 Å². The van der Waals surface area contributed by atoms with Crippen LogP contribution >= 0.6 is 12.4 Å². The Morgan fingerprint density at radius 2 is 2.05 bits per heavy atom. The molecule has 1 aliphatic rings. The number of halogens is 3. The van der Waals surface area contributed by atoms with Crippen LogP contribution in [0.5, 0.6) is 0 Å². The molecule has 0 aromatic heterocycles. The minimum absolute atomic E-state index is 0. The normalized spacial score (nSPS) is 16.7. The Morgan fingerprint density at radius 3 is 2.68 bits per heavy atom. The van der Waals surface area contributed by atoms with Crippen molar-refractivity contribution in [2.24, 2.45) is 5.41 Å². The van der Waals surface area contributed by atoms with Crippen molar-refractivity contribution in [2.45, 2.75) is 12.8 Å². The number of ether oxygens (including phenoxy) is 1. The lowest BCUT2D eigenvalue weighted by molar-refractivity contribution is 0.0511. The van der Waals surface area contributed by atoms with E-state index in [1.165, 1.54) is 12.1 Å². The number of carbonyl (C=O) groups excluding carboxylic acids is 1. The van der Waals surface area contributed by atoms with Gasteiger partial charge in [-0.1, -0.05) is 6.07 Å². The fourth-order valence-electron chi connectivity index (χ4n) is 2.68. The summed E-state index contributed by atoms with van der Waals surface area (Å²) in [5, 5.41) is 5.96. The van der Waals surface area contributed by atoms with E-state index >= 15 is 0 Å². The van der Waals surface area contributed by atoms with Crippen LogP contribution in [0.2, 0.25) is 0 Å². The lowest BCUT2D eigenvalue weighted by atomic mass is 9.79. The van der Waals surface area contributed by atoms with E-state index in [1.54, 1.807) is 7.11 Å². The van der Waals surface area contributed by atoms with Gasteiger partial charge in [0.1, 0.15) is 0 Å². The Bertz CT molecular complexity index is 503. The molecular formula is C15H21ClF2N2O2. The summed E-state index contributed by atoms with van der Waals surface area (Å²) in [6.45, 7) is 2.62. The molecule has 22 heavy (non-hydrogen) atoms. The molecule has 2 rings (SSSR count). The quantitative estimate of drug-likeness (QED) is 0.867. The molecule has 124 valence electrons. The molecule has 0 aliphatic carbocycles. The van der Waals surface area contributed by atoms with E-state index in [0.29, 0.717) is 13.2 Å². The molecule has 0 atom stereocenters. The van der Waals surface area contributed by atoms with Crippen molar-refractivity contribution in [3.8, 4) is 0 Å². The van der Waals surface area contributed by atoms with Crippen molar-refractivity contribution in [3.05, 3.63) is 35.4 Å². The lowest BCUT2D eigenvalue weighted by Crippen LogP contribution is -2.47. The zero-order chi connectivity index (χ0) is 15.3. The van der Waals surface area contributed by atoms with Gasteiger partial charge in [-0.2, -0.15) is 0 Å². The zero-order valence-corrected chi connectivity index (χ0v) is 13.3. The molecule has 1 aliphatic heterocycles. The minimum atomic E-state index is -1.11. The van der Waals surface area contributed by atoms with Crippen LogP contribution in [0.1, 0.15) is 23.2 Å². The summed E-state index contributed by atoms with van der Waals surface area (Å²) in [4.78, 5) is 12.0. The molecule has 0 bridgehead atoms. The van der Waals surface area contributed by atoms with E-state index in [2.05, 4.69) is 10.6 Å². The zero-order valence-electron chi connectivity index (χ0n) is 12.5. The number of rotatable bonds is 5. The van der Waals surface area contributed by atoms with Gasteiger partial charge in [-0.05, 0) is 38.1 Å². The average Bonchev–Trinajstić information content (AvgIpc) is 2.49. The second kappa shape index (κ2) is 8.41. The van der Waals surface area contributed by atoms with E-state index in [4.69, 9.17) is 4.74 Å². The van der Waals surface area contributed by atoms with Crippen LogP contribution in [0.4, 0.5) is 8.78 Å². The summed E-state index contributed by atoms with van der Waals surface area (Å²) in [5.74, 6) is -2.72. The van der Waals surface area contributed by atoms with Gasteiger partial charge in [-0.25, -0.2) is 8.78 Å². The second-order valence-corrected chi connectivity index (χ2v) is 5.47. The Balaban J connectivity index is 0.00000242. The molecule has 4 nitrogen and oxygen atoms in total. The van der Waals surface area contributed by atoms with Gasteiger partial charge in [0, 0.05) is 19.1 Å². The minimum Gasteiger partial charge on any atom is -0.384 e. The molecule has 1 heterocycles. The molecule has 0 unspecified atom stereocenters. The lowest BCUT2D eigenvalue weighted by Gasteiger charge is -2.37. The average molecular weight is 335 g/mol. The molecule has 0 saturated carbocycles. The summed E-state index contributed by atoms with van der Waals surface area (Å²) in [6.07, 6.45) is 1.74. The van der Waals surface area contributed by atoms with Crippen LogP contribution in [-0.2, 0) is 4.74 Å². The van der Waals surface area contributed by atoms with Gasteiger partial charge in [0.2, 0.25) is 0 Å². The monoisotopic (exact) mass is 334 g/mol. The molecule has 1 amide bonds. The molecule has 1 fully saturated rings. The molecule has 1 aromatic rings. The molecule has 0 radical (unpaired) electrons. The van der Waals surface area contributed by atoms with Crippen molar-refractivity contribution in [3.63, 3.8) is 0 Å². The van der Waals surface area contributed by atoms with Crippen LogP contribution in [-0.4, -0.2) is 39.3 Å². The maximum atomic E-state index is 13.6. The Labute approximate surface area is 135 Å². The number of carbonyl (C=O) groups is 1. The maximum absolute atomic E-state index is 13.6. The highest BCUT2D eigenvalue weighted by atomic mass is 35.5. The third-order valence-corrected chi connectivity index (χ3v) is 3.93. The van der Waals surface area contributed by atoms with Gasteiger partial charge in [0.15, 0.2) is 11.6 Å². The molecule has 2 N–H and O–H groups in total. The van der Waals surface area contributed by atoms with Gasteiger partial charge in [0.05, 0.1) is 12.2 Å². The Hall–Kier alpha value is -1.24. The highest BCUT2D eigenvalue weighted by molar-refractivity contribution is 5.94. The summed E-state index contributed by atoms with van der Waals surface area (Å²) < 4.78 is 32.0. The number of methoxy groups -OCH3 is 1. The highest BCUT2D eigenvalue weighted by Crippen LogP contribution is 2.28. The van der Waals surface area contributed by atoms with Crippen molar-refractivity contribution in [1.29, 1.82) is 0 Å². The van der Waals surface area contributed by atoms with Gasteiger partial charge < -0.3 is 15.4 Å². The van der Waals surface area contributed by atoms with Crippen LogP contribution in [0.25, 0.3) is 0 Å². The number of benzene rings is 1. The van der Waals surface area contributed by atoms with Gasteiger partial charge in [0.25, 0.3) is 5.91 Å². The van der Waals surface area contributed by atoms with Gasteiger partial charge in [-0.3, -0.25) is 4.79 Å². The fourth-order valence-corrected chi connectivity index (χ4v) is 2.68. The maximum Gasteiger partial charge on any atom is 0.254 e. The SMILES string of the molecule is COCC1(CNC(=O)c2cccc(F)c2F)CCNCC1.Cl. The Morgan fingerprint density at radius 1 is 1.36 bits per heavy atom. The smallest absolute Gasteiger partial charge is 0.254 e. The van der Waals surface area contributed by atoms with E-state index in [-0.39, 0.29) is 23.4 Å². The van der Waals surface area contributed by atoms with E-state index in [1.807, 2.05) is 0 Å². The summed E-state index contributed by atoms with van der Waals surface area (Å²) >= 11 is 0. The van der Waals surface area contributed by atoms with Crippen molar-refractivity contribution in [1.82, 2.24) is 10.6 Å². The molecule has 0 spiro atoms. The van der Waals surface area contributed by atoms with Crippen LogP contribution in [0.15, 0.2) is 18.2 Å². The van der Waals surface area contributed by atoms with E-state index < -0.39 is 17.5 Å². The van der Waals surface area contributed by atoms with Crippen LogP contribution < -0.4 is 10.6 Å². The van der Waals surface area contributed by atoms with Gasteiger partial charge >= 0.3 is 0 Å². The van der Waals surface area contributed by atoms with E-state index in [9.17, 15) is 13.6 Å². The van der Waals surface area contributed by atoms with Crippen molar-refractivity contribution in [2.75, 3.05) is 33.4 Å². The molecule has 7 heteroatoms. The fraction of sp³-hybridized carbons (Fsp3) is 0.533. The molecular weight excluding hydrogens is 314 g/mol. The van der Waals surface area contributed by atoms with E-state index in [0.717, 1.165) is 32.0 Å². The highest BCUT2D eigenvalue weighted by Gasteiger charge is 2.32. The summed E-state index contributed by atoms with van der Waals surface area (Å²) in [7, 11) is 1.62. The first-order valence-electron chi connectivity index (χ1n) is 7.00. The number of hydrogen-bond donors (Lipinski definition) is 2. The van der Waals surface area contributed by atoms with Crippen LogP contribution in [0.3, 0.4) is 0 Å². The predicted octanol–water partition coefficient (Wildman–Crippen LogP) is 2.13. The Kier molecular flexibility index (Phi) is 7.19. The number of amides is 1. The first-order chi connectivity index (χ1) is 10.1. The molecule has 1 aromatic carbocycles. The largest absolute Gasteiger partial charge is 0.384 e. The summed E-state index contributed by atoms with van der Waals surface area (Å²) in [5.41, 5.74) is -0.420. The first kappa shape index (κ1) is 18.8. The summed E-state index contributed by atoms with van der Waals surface area (Å²) in [6, 6.07) is 3.59.